The van der Waals surface area contributed by atoms with Gasteiger partial charge in [-0.25, -0.2) is 0 Å². The summed E-state index contributed by atoms with van der Waals surface area (Å²) in [5.41, 5.74) is 0. The van der Waals surface area contributed by atoms with Gasteiger partial charge in [0.2, 0.25) is 17.6 Å². The van der Waals surface area contributed by atoms with Gasteiger partial charge in [0.15, 0.2) is 5.76 Å². The average molecular weight is 263 g/mol. The zero-order chi connectivity index (χ0) is 13.7. The topological polar surface area (TPSA) is 81.2 Å². The fourth-order valence-corrected chi connectivity index (χ4v) is 1.53. The first-order chi connectivity index (χ1) is 9.19. The van der Waals surface area contributed by atoms with E-state index in [2.05, 4.69) is 15.5 Å². The number of hydrogen-bond donors (Lipinski definition) is 1. The number of carbonyl (C=O) groups excluding carboxylic acids is 1. The van der Waals surface area contributed by atoms with Crippen LogP contribution >= 0.6 is 0 Å². The van der Waals surface area contributed by atoms with Gasteiger partial charge in [0.05, 0.1) is 6.26 Å². The molecule has 1 N–H and O–H groups in total. The van der Waals surface area contributed by atoms with Crippen LogP contribution in [-0.2, 0) is 11.2 Å². The van der Waals surface area contributed by atoms with Crippen molar-refractivity contribution < 1.29 is 13.7 Å². The van der Waals surface area contributed by atoms with Crippen molar-refractivity contribution in [2.75, 3.05) is 0 Å². The minimum Gasteiger partial charge on any atom is -0.461 e. The number of nitrogens with zero attached hydrogens (tertiary/aromatic N) is 2. The van der Waals surface area contributed by atoms with E-state index in [1.54, 1.807) is 18.4 Å². The summed E-state index contributed by atoms with van der Waals surface area (Å²) in [6.07, 6.45) is 3.22. The number of rotatable bonds is 6. The first kappa shape index (κ1) is 13.3. The lowest BCUT2D eigenvalue weighted by Gasteiger charge is -2.10. The molecular formula is C13H17N3O3. The zero-order valence-corrected chi connectivity index (χ0v) is 11.0. The number of carbonyl (C=O) groups is 1. The van der Waals surface area contributed by atoms with Crippen LogP contribution in [0.3, 0.4) is 0 Å². The third-order valence-electron chi connectivity index (χ3n) is 2.80. The van der Waals surface area contributed by atoms with Crippen LogP contribution in [0, 0.1) is 0 Å². The maximum Gasteiger partial charge on any atom is 0.238 e. The Morgan fingerprint density at radius 1 is 1.53 bits per heavy atom. The van der Waals surface area contributed by atoms with Gasteiger partial charge >= 0.3 is 0 Å². The monoisotopic (exact) mass is 263 g/mol. The lowest BCUT2D eigenvalue weighted by Crippen LogP contribution is -2.32. The Labute approximate surface area is 111 Å². The SMILES string of the molecule is CCC(C)NC(=O)CCc1nc(-c2ccco2)no1. The van der Waals surface area contributed by atoms with Crippen molar-refractivity contribution in [2.24, 2.45) is 0 Å². The summed E-state index contributed by atoms with van der Waals surface area (Å²) in [7, 11) is 0. The highest BCUT2D eigenvalue weighted by Gasteiger charge is 2.12. The molecule has 0 radical (unpaired) electrons. The van der Waals surface area contributed by atoms with E-state index in [0.717, 1.165) is 6.42 Å². The van der Waals surface area contributed by atoms with Crippen molar-refractivity contribution in [1.29, 1.82) is 0 Å². The molecule has 0 fully saturated rings. The molecule has 6 heteroatoms. The van der Waals surface area contributed by atoms with Gasteiger partial charge in [0, 0.05) is 18.9 Å². The van der Waals surface area contributed by atoms with Crippen molar-refractivity contribution in [1.82, 2.24) is 15.5 Å². The third kappa shape index (κ3) is 3.67. The number of nitrogens with one attached hydrogen (secondary N) is 1. The molecule has 2 rings (SSSR count). The number of furan rings is 1. The number of aryl methyl sites for hydroxylation is 1. The van der Waals surface area contributed by atoms with Gasteiger partial charge in [-0.2, -0.15) is 4.98 Å². The van der Waals surface area contributed by atoms with Gasteiger partial charge in [-0.3, -0.25) is 4.79 Å². The summed E-state index contributed by atoms with van der Waals surface area (Å²) in [5.74, 6) is 1.39. The van der Waals surface area contributed by atoms with E-state index in [9.17, 15) is 4.79 Å². The molecule has 1 atom stereocenters. The molecule has 0 bridgehead atoms. The summed E-state index contributed by atoms with van der Waals surface area (Å²) in [4.78, 5) is 15.8. The van der Waals surface area contributed by atoms with E-state index >= 15 is 0 Å². The second-order valence-electron chi connectivity index (χ2n) is 4.37. The quantitative estimate of drug-likeness (QED) is 0.863. The molecular weight excluding hydrogens is 246 g/mol. The first-order valence-corrected chi connectivity index (χ1v) is 6.35. The molecule has 0 spiro atoms. The van der Waals surface area contributed by atoms with Gasteiger partial charge in [-0.1, -0.05) is 12.1 Å². The molecule has 0 aromatic carbocycles. The number of aromatic nitrogens is 2. The van der Waals surface area contributed by atoms with E-state index in [1.807, 2.05) is 13.8 Å². The van der Waals surface area contributed by atoms with Gasteiger partial charge in [-0.15, -0.1) is 0 Å². The molecule has 0 aliphatic carbocycles. The Morgan fingerprint density at radius 2 is 2.37 bits per heavy atom. The van der Waals surface area contributed by atoms with Crippen molar-refractivity contribution in [3.05, 3.63) is 24.3 Å². The van der Waals surface area contributed by atoms with Crippen LogP contribution in [0.4, 0.5) is 0 Å². The van der Waals surface area contributed by atoms with E-state index < -0.39 is 0 Å². The number of amides is 1. The molecule has 0 saturated carbocycles. The highest BCUT2D eigenvalue weighted by Crippen LogP contribution is 2.16. The maximum absolute atomic E-state index is 11.6. The van der Waals surface area contributed by atoms with Crippen LogP contribution in [0.25, 0.3) is 11.6 Å². The fourth-order valence-electron chi connectivity index (χ4n) is 1.53. The molecule has 1 unspecified atom stereocenters. The molecule has 102 valence electrons. The van der Waals surface area contributed by atoms with Gasteiger partial charge in [-0.05, 0) is 25.5 Å². The Hall–Kier alpha value is -2.11. The summed E-state index contributed by atoms with van der Waals surface area (Å²) >= 11 is 0. The van der Waals surface area contributed by atoms with Crippen molar-refractivity contribution >= 4 is 5.91 Å². The minimum atomic E-state index is -0.00732. The van der Waals surface area contributed by atoms with Crippen LogP contribution in [0.1, 0.15) is 32.6 Å². The normalized spacial score (nSPS) is 12.3. The first-order valence-electron chi connectivity index (χ1n) is 6.35. The Balaban J connectivity index is 1.85. The molecule has 1 amide bonds. The molecule has 2 heterocycles. The highest BCUT2D eigenvalue weighted by atomic mass is 16.5. The van der Waals surface area contributed by atoms with Gasteiger partial charge in [0.1, 0.15) is 0 Å². The Bertz CT molecular complexity index is 519. The molecule has 0 aliphatic heterocycles. The van der Waals surface area contributed by atoms with Gasteiger partial charge in [0.25, 0.3) is 0 Å². The summed E-state index contributed by atoms with van der Waals surface area (Å²) in [6, 6.07) is 3.70. The summed E-state index contributed by atoms with van der Waals surface area (Å²) in [5, 5.41) is 6.69. The van der Waals surface area contributed by atoms with Crippen LogP contribution in [0.2, 0.25) is 0 Å². The fraction of sp³-hybridized carbons (Fsp3) is 0.462. The second-order valence-corrected chi connectivity index (χ2v) is 4.37. The zero-order valence-electron chi connectivity index (χ0n) is 11.0. The third-order valence-corrected chi connectivity index (χ3v) is 2.80. The largest absolute Gasteiger partial charge is 0.461 e. The second kappa shape index (κ2) is 6.17. The van der Waals surface area contributed by atoms with Crippen LogP contribution in [0.5, 0.6) is 0 Å². The van der Waals surface area contributed by atoms with Crippen molar-refractivity contribution in [3.63, 3.8) is 0 Å². The lowest BCUT2D eigenvalue weighted by atomic mass is 10.2. The van der Waals surface area contributed by atoms with Crippen LogP contribution < -0.4 is 5.32 Å². The molecule has 0 aliphatic rings. The van der Waals surface area contributed by atoms with Crippen LogP contribution in [0.15, 0.2) is 27.3 Å². The van der Waals surface area contributed by atoms with E-state index in [-0.39, 0.29) is 11.9 Å². The molecule has 2 aromatic rings. The Morgan fingerprint density at radius 3 is 3.05 bits per heavy atom. The number of hydrogen-bond acceptors (Lipinski definition) is 5. The van der Waals surface area contributed by atoms with Crippen molar-refractivity contribution in [3.8, 4) is 11.6 Å². The smallest absolute Gasteiger partial charge is 0.238 e. The molecule has 6 nitrogen and oxygen atoms in total. The standard InChI is InChI=1S/C13H17N3O3/c1-3-9(2)14-11(17)6-7-12-15-13(16-19-12)10-5-4-8-18-10/h4-5,8-9H,3,6-7H2,1-2H3,(H,14,17). The van der Waals surface area contributed by atoms with Gasteiger partial charge < -0.3 is 14.3 Å². The van der Waals surface area contributed by atoms with Crippen molar-refractivity contribution in [2.45, 2.75) is 39.2 Å². The molecule has 19 heavy (non-hydrogen) atoms. The van der Waals surface area contributed by atoms with E-state index in [4.69, 9.17) is 8.94 Å². The highest BCUT2D eigenvalue weighted by molar-refractivity contribution is 5.76. The summed E-state index contributed by atoms with van der Waals surface area (Å²) < 4.78 is 10.2. The van der Waals surface area contributed by atoms with E-state index in [0.29, 0.717) is 30.3 Å². The predicted octanol–water partition coefficient (Wildman–Crippen LogP) is 2.18. The summed E-state index contributed by atoms with van der Waals surface area (Å²) in [6.45, 7) is 4.00. The maximum atomic E-state index is 11.6. The molecule has 0 saturated heterocycles. The average Bonchev–Trinajstić information content (AvgIpc) is 3.06. The Kier molecular flexibility index (Phi) is 4.33. The lowest BCUT2D eigenvalue weighted by molar-refractivity contribution is -0.121. The van der Waals surface area contributed by atoms with E-state index in [1.165, 1.54) is 0 Å². The van der Waals surface area contributed by atoms with Crippen LogP contribution in [-0.4, -0.2) is 22.1 Å². The minimum absolute atomic E-state index is 0.00732. The molecule has 2 aromatic heterocycles. The predicted molar refractivity (Wildman–Crippen MR) is 68.2 cm³/mol.